The number of nitrogens with zero attached hydrogens (tertiary/aromatic N) is 2. The topological polar surface area (TPSA) is 66.9 Å². The highest BCUT2D eigenvalue weighted by atomic mass is 35.5. The molecule has 0 saturated heterocycles. The maximum atomic E-state index is 12.4. The molecule has 1 amide bonds. The Morgan fingerprint density at radius 3 is 2.33 bits per heavy atom. The summed E-state index contributed by atoms with van der Waals surface area (Å²) in [4.78, 5) is 21.1. The maximum Gasteiger partial charge on any atom is 0.255 e. The van der Waals surface area contributed by atoms with E-state index in [-0.39, 0.29) is 5.91 Å². The van der Waals surface area contributed by atoms with Gasteiger partial charge < -0.3 is 10.6 Å². The number of amides is 1. The van der Waals surface area contributed by atoms with Crippen LogP contribution in [0, 0.1) is 6.92 Å². The molecule has 6 heteroatoms. The van der Waals surface area contributed by atoms with Crippen LogP contribution in [0.3, 0.4) is 0 Å². The van der Waals surface area contributed by atoms with Crippen LogP contribution >= 0.6 is 11.6 Å². The van der Waals surface area contributed by atoms with Crippen molar-refractivity contribution >= 4 is 34.7 Å². The zero-order chi connectivity index (χ0) is 20.9. The summed E-state index contributed by atoms with van der Waals surface area (Å²) in [7, 11) is 0. The monoisotopic (exact) mass is 414 g/mol. The Balaban J connectivity index is 1.45. The number of hydrogen-bond acceptors (Lipinski definition) is 4. The zero-order valence-electron chi connectivity index (χ0n) is 16.3. The Hall–Kier alpha value is -3.70. The molecule has 0 bridgehead atoms. The first-order chi connectivity index (χ1) is 14.6. The van der Waals surface area contributed by atoms with E-state index in [0.29, 0.717) is 22.1 Å². The third-order valence-electron chi connectivity index (χ3n) is 4.50. The first kappa shape index (κ1) is 19.6. The molecule has 0 atom stereocenters. The Bertz CT molecular complexity index is 1170. The molecule has 4 rings (SSSR count). The van der Waals surface area contributed by atoms with Crippen LogP contribution in [0.25, 0.3) is 11.3 Å². The molecule has 0 aliphatic carbocycles. The van der Waals surface area contributed by atoms with E-state index in [1.807, 2.05) is 30.3 Å². The molecule has 3 aromatic carbocycles. The molecule has 0 saturated carbocycles. The molecule has 1 heterocycles. The fourth-order valence-corrected chi connectivity index (χ4v) is 3.10. The molecule has 30 heavy (non-hydrogen) atoms. The number of anilines is 3. The van der Waals surface area contributed by atoms with Gasteiger partial charge >= 0.3 is 0 Å². The first-order valence-electron chi connectivity index (χ1n) is 9.40. The number of hydrogen-bond donors (Lipinski definition) is 2. The van der Waals surface area contributed by atoms with Crippen LogP contribution < -0.4 is 10.6 Å². The van der Waals surface area contributed by atoms with Crippen molar-refractivity contribution in [2.75, 3.05) is 10.6 Å². The van der Waals surface area contributed by atoms with Crippen LogP contribution in [0.5, 0.6) is 0 Å². The van der Waals surface area contributed by atoms with Crippen molar-refractivity contribution in [3.8, 4) is 11.3 Å². The van der Waals surface area contributed by atoms with Crippen LogP contribution in [0.15, 0.2) is 85.2 Å². The molecule has 2 N–H and O–H groups in total. The standard InChI is InChI=1S/C24H19ClN4O/c1-16-3-2-4-18(13-16)22-14-23(27-15-26-22)28-20-9-5-17(6-10-20)24(30)29-21-11-7-19(25)8-12-21/h2-15H,1H3,(H,29,30)(H,26,27,28). The van der Waals surface area contributed by atoms with Gasteiger partial charge in [0.15, 0.2) is 0 Å². The van der Waals surface area contributed by atoms with E-state index < -0.39 is 0 Å². The van der Waals surface area contributed by atoms with Gasteiger partial charge in [-0.2, -0.15) is 0 Å². The summed E-state index contributed by atoms with van der Waals surface area (Å²) in [6, 6.07) is 24.2. The maximum absolute atomic E-state index is 12.4. The van der Waals surface area contributed by atoms with E-state index in [9.17, 15) is 4.79 Å². The Kier molecular flexibility index (Phi) is 5.72. The number of benzene rings is 3. The van der Waals surface area contributed by atoms with E-state index >= 15 is 0 Å². The highest BCUT2D eigenvalue weighted by molar-refractivity contribution is 6.30. The Morgan fingerprint density at radius 1 is 0.867 bits per heavy atom. The minimum absolute atomic E-state index is 0.187. The predicted molar refractivity (Wildman–Crippen MR) is 121 cm³/mol. The van der Waals surface area contributed by atoms with E-state index in [1.165, 1.54) is 11.9 Å². The SMILES string of the molecule is Cc1cccc(-c2cc(Nc3ccc(C(=O)Nc4ccc(Cl)cc4)cc3)ncn2)c1. The van der Waals surface area contributed by atoms with Gasteiger partial charge in [0, 0.05) is 33.6 Å². The molecule has 4 aromatic rings. The highest BCUT2D eigenvalue weighted by Gasteiger charge is 2.07. The lowest BCUT2D eigenvalue weighted by molar-refractivity contribution is 0.102. The number of nitrogens with one attached hydrogen (secondary N) is 2. The number of aromatic nitrogens is 2. The van der Waals surface area contributed by atoms with Gasteiger partial charge in [0.25, 0.3) is 5.91 Å². The lowest BCUT2D eigenvalue weighted by atomic mass is 10.1. The zero-order valence-corrected chi connectivity index (χ0v) is 17.0. The van der Waals surface area contributed by atoms with Crippen molar-refractivity contribution in [1.29, 1.82) is 0 Å². The van der Waals surface area contributed by atoms with Gasteiger partial charge in [0.2, 0.25) is 0 Å². The second-order valence-electron chi connectivity index (χ2n) is 6.82. The molecule has 1 aromatic heterocycles. The molecule has 0 radical (unpaired) electrons. The number of rotatable bonds is 5. The molecular weight excluding hydrogens is 396 g/mol. The molecule has 0 aliphatic heterocycles. The Labute approximate surface area is 179 Å². The van der Waals surface area contributed by atoms with Gasteiger partial charge in [0.1, 0.15) is 12.1 Å². The predicted octanol–water partition coefficient (Wildman–Crippen LogP) is 6.10. The van der Waals surface area contributed by atoms with E-state index in [1.54, 1.807) is 36.4 Å². The summed E-state index contributed by atoms with van der Waals surface area (Å²) in [6.45, 7) is 2.05. The average Bonchev–Trinajstić information content (AvgIpc) is 2.76. The largest absolute Gasteiger partial charge is 0.340 e. The summed E-state index contributed by atoms with van der Waals surface area (Å²) >= 11 is 5.87. The minimum Gasteiger partial charge on any atom is -0.340 e. The van der Waals surface area contributed by atoms with Gasteiger partial charge in [-0.3, -0.25) is 4.79 Å². The normalized spacial score (nSPS) is 10.5. The van der Waals surface area contributed by atoms with Crippen molar-refractivity contribution < 1.29 is 4.79 Å². The minimum atomic E-state index is -0.187. The van der Waals surface area contributed by atoms with Gasteiger partial charge in [-0.05, 0) is 61.5 Å². The fraction of sp³-hybridized carbons (Fsp3) is 0.0417. The first-order valence-corrected chi connectivity index (χ1v) is 9.78. The molecule has 148 valence electrons. The molecular formula is C24H19ClN4O. The molecule has 5 nitrogen and oxygen atoms in total. The number of halogens is 1. The van der Waals surface area contributed by atoms with Crippen molar-refractivity contribution in [3.63, 3.8) is 0 Å². The van der Waals surface area contributed by atoms with E-state index in [2.05, 4.69) is 39.7 Å². The number of aryl methyl sites for hydroxylation is 1. The average molecular weight is 415 g/mol. The number of carbonyl (C=O) groups excluding carboxylic acids is 1. The summed E-state index contributed by atoms with van der Waals surface area (Å²) in [5, 5.41) is 6.72. The molecule has 0 fully saturated rings. The van der Waals surface area contributed by atoms with Crippen molar-refractivity contribution in [3.05, 3.63) is 101 Å². The molecule has 0 spiro atoms. The fourth-order valence-electron chi connectivity index (χ4n) is 2.98. The van der Waals surface area contributed by atoms with Crippen molar-refractivity contribution in [1.82, 2.24) is 9.97 Å². The smallest absolute Gasteiger partial charge is 0.255 e. The van der Waals surface area contributed by atoms with Crippen LogP contribution in [-0.4, -0.2) is 15.9 Å². The van der Waals surface area contributed by atoms with Gasteiger partial charge in [-0.1, -0.05) is 35.4 Å². The van der Waals surface area contributed by atoms with Gasteiger partial charge in [-0.15, -0.1) is 0 Å². The van der Waals surface area contributed by atoms with E-state index in [4.69, 9.17) is 11.6 Å². The van der Waals surface area contributed by atoms with Crippen LogP contribution in [0.4, 0.5) is 17.2 Å². The van der Waals surface area contributed by atoms with Crippen LogP contribution in [0.2, 0.25) is 5.02 Å². The van der Waals surface area contributed by atoms with Gasteiger partial charge in [0.05, 0.1) is 5.69 Å². The lowest BCUT2D eigenvalue weighted by Gasteiger charge is -2.09. The summed E-state index contributed by atoms with van der Waals surface area (Å²) in [6.07, 6.45) is 1.54. The third-order valence-corrected chi connectivity index (χ3v) is 4.75. The third kappa shape index (κ3) is 4.82. The summed E-state index contributed by atoms with van der Waals surface area (Å²) in [5.74, 6) is 0.493. The van der Waals surface area contributed by atoms with E-state index in [0.717, 1.165) is 16.9 Å². The molecule has 0 aliphatic rings. The second-order valence-corrected chi connectivity index (χ2v) is 7.26. The summed E-state index contributed by atoms with van der Waals surface area (Å²) < 4.78 is 0. The second kappa shape index (κ2) is 8.76. The number of carbonyl (C=O) groups is 1. The van der Waals surface area contributed by atoms with Crippen molar-refractivity contribution in [2.24, 2.45) is 0 Å². The van der Waals surface area contributed by atoms with Crippen LogP contribution in [-0.2, 0) is 0 Å². The quantitative estimate of drug-likeness (QED) is 0.414. The van der Waals surface area contributed by atoms with Crippen LogP contribution in [0.1, 0.15) is 15.9 Å². The van der Waals surface area contributed by atoms with Gasteiger partial charge in [-0.25, -0.2) is 9.97 Å². The highest BCUT2D eigenvalue weighted by Crippen LogP contribution is 2.22. The lowest BCUT2D eigenvalue weighted by Crippen LogP contribution is -2.11. The van der Waals surface area contributed by atoms with Crippen molar-refractivity contribution in [2.45, 2.75) is 6.92 Å². The Morgan fingerprint density at radius 2 is 1.60 bits per heavy atom. The molecule has 0 unspecified atom stereocenters. The summed E-state index contributed by atoms with van der Waals surface area (Å²) in [5.41, 5.74) is 5.12.